The molecule has 0 aliphatic carbocycles. The first-order chi connectivity index (χ1) is 5.25. The van der Waals surface area contributed by atoms with Crippen LogP contribution >= 0.6 is 0 Å². The summed E-state index contributed by atoms with van der Waals surface area (Å²) in [6.45, 7) is 5.93. The van der Waals surface area contributed by atoms with Crippen molar-refractivity contribution in [2.45, 2.75) is 26.3 Å². The monoisotopic (exact) mass is 171 g/mol. The molecule has 0 amide bonds. The van der Waals surface area contributed by atoms with Crippen LogP contribution in [0.25, 0.3) is 0 Å². The minimum absolute atomic E-state index is 0.134. The molecule has 0 unspecified atom stereocenters. The maximum absolute atomic E-state index is 7.47. The molecule has 0 atom stereocenters. The van der Waals surface area contributed by atoms with Crippen molar-refractivity contribution in [3.05, 3.63) is 0 Å². The lowest BCUT2D eigenvalue weighted by molar-refractivity contribution is 0.275. The SMILES string of the molecule is CN(C(=N)NC(=N)N)C(C)(C)C. The van der Waals surface area contributed by atoms with Crippen LogP contribution in [-0.2, 0) is 0 Å². The van der Waals surface area contributed by atoms with E-state index in [4.69, 9.17) is 16.6 Å². The Morgan fingerprint density at radius 1 is 1.33 bits per heavy atom. The number of hydrogen-bond acceptors (Lipinski definition) is 2. The van der Waals surface area contributed by atoms with E-state index in [0.717, 1.165) is 0 Å². The minimum Gasteiger partial charge on any atom is -0.370 e. The van der Waals surface area contributed by atoms with Crippen molar-refractivity contribution in [3.63, 3.8) is 0 Å². The second-order valence-corrected chi connectivity index (χ2v) is 3.62. The van der Waals surface area contributed by atoms with E-state index in [1.54, 1.807) is 11.9 Å². The summed E-state index contributed by atoms with van der Waals surface area (Å²) in [5.41, 5.74) is 4.94. The molecule has 5 nitrogen and oxygen atoms in total. The number of nitrogens with two attached hydrogens (primary N) is 1. The standard InChI is InChI=1S/C7H17N5/c1-7(2,3)12(4)6(10)11-5(8)9/h1-4H3,(H5,8,9,10,11). The Hall–Kier alpha value is -1.26. The van der Waals surface area contributed by atoms with E-state index in [1.165, 1.54) is 0 Å². The molecule has 12 heavy (non-hydrogen) atoms. The molecule has 0 fully saturated rings. The lowest BCUT2D eigenvalue weighted by Crippen LogP contribution is -2.51. The highest BCUT2D eigenvalue weighted by atomic mass is 15.3. The van der Waals surface area contributed by atoms with Crippen molar-refractivity contribution in [2.24, 2.45) is 5.73 Å². The molecular weight excluding hydrogens is 154 g/mol. The molecular formula is C7H17N5. The van der Waals surface area contributed by atoms with Gasteiger partial charge < -0.3 is 10.6 Å². The zero-order valence-corrected chi connectivity index (χ0v) is 8.02. The summed E-state index contributed by atoms with van der Waals surface area (Å²) in [6, 6.07) is 0. The summed E-state index contributed by atoms with van der Waals surface area (Å²) in [6.07, 6.45) is 0. The third-order valence-corrected chi connectivity index (χ3v) is 1.59. The molecule has 0 spiro atoms. The molecule has 0 rings (SSSR count). The molecule has 0 aromatic carbocycles. The molecule has 5 N–H and O–H groups in total. The highest BCUT2D eigenvalue weighted by Gasteiger charge is 2.19. The molecule has 0 radical (unpaired) electrons. The maximum Gasteiger partial charge on any atom is 0.198 e. The first-order valence-electron chi connectivity index (χ1n) is 3.68. The fourth-order valence-corrected chi connectivity index (χ4v) is 0.547. The Morgan fingerprint density at radius 2 is 1.75 bits per heavy atom. The molecule has 0 aliphatic rings. The smallest absolute Gasteiger partial charge is 0.198 e. The fourth-order valence-electron chi connectivity index (χ4n) is 0.547. The van der Waals surface area contributed by atoms with Crippen LogP contribution < -0.4 is 11.1 Å². The lowest BCUT2D eigenvalue weighted by atomic mass is 10.1. The molecule has 0 aromatic rings. The van der Waals surface area contributed by atoms with Gasteiger partial charge in [0, 0.05) is 12.6 Å². The summed E-state index contributed by atoms with van der Waals surface area (Å²) >= 11 is 0. The van der Waals surface area contributed by atoms with Crippen LogP contribution in [0, 0.1) is 10.8 Å². The van der Waals surface area contributed by atoms with E-state index in [1.807, 2.05) is 20.8 Å². The Bertz CT molecular complexity index is 190. The van der Waals surface area contributed by atoms with Gasteiger partial charge in [0.25, 0.3) is 0 Å². The quantitative estimate of drug-likeness (QED) is 0.308. The number of nitrogens with zero attached hydrogens (tertiary/aromatic N) is 1. The van der Waals surface area contributed by atoms with Crippen molar-refractivity contribution < 1.29 is 0 Å². The Morgan fingerprint density at radius 3 is 2.00 bits per heavy atom. The van der Waals surface area contributed by atoms with Crippen molar-refractivity contribution >= 4 is 11.9 Å². The highest BCUT2D eigenvalue weighted by Crippen LogP contribution is 2.08. The number of guanidine groups is 2. The van der Waals surface area contributed by atoms with Gasteiger partial charge in [0.1, 0.15) is 0 Å². The van der Waals surface area contributed by atoms with Gasteiger partial charge in [-0.25, -0.2) is 0 Å². The first-order valence-corrected chi connectivity index (χ1v) is 3.68. The summed E-state index contributed by atoms with van der Waals surface area (Å²) in [5.74, 6) is -0.0777. The van der Waals surface area contributed by atoms with Crippen LogP contribution in [0.5, 0.6) is 0 Å². The zero-order chi connectivity index (χ0) is 9.94. The average molecular weight is 171 g/mol. The van der Waals surface area contributed by atoms with Crippen LogP contribution in [0.4, 0.5) is 0 Å². The second kappa shape index (κ2) is 3.42. The third kappa shape index (κ3) is 3.23. The minimum atomic E-state index is -0.212. The van der Waals surface area contributed by atoms with Gasteiger partial charge in [0.15, 0.2) is 11.9 Å². The van der Waals surface area contributed by atoms with Crippen LogP contribution in [0.3, 0.4) is 0 Å². The van der Waals surface area contributed by atoms with Crippen molar-refractivity contribution in [1.29, 1.82) is 10.8 Å². The number of hydrogen-bond donors (Lipinski definition) is 4. The van der Waals surface area contributed by atoms with Gasteiger partial charge in [-0.15, -0.1) is 0 Å². The molecule has 70 valence electrons. The van der Waals surface area contributed by atoms with Gasteiger partial charge in [-0.1, -0.05) is 0 Å². The lowest BCUT2D eigenvalue weighted by Gasteiger charge is -2.33. The number of rotatable bonds is 0. The van der Waals surface area contributed by atoms with Crippen LogP contribution in [0.1, 0.15) is 20.8 Å². The van der Waals surface area contributed by atoms with Gasteiger partial charge >= 0.3 is 0 Å². The van der Waals surface area contributed by atoms with Crippen LogP contribution in [0.2, 0.25) is 0 Å². The second-order valence-electron chi connectivity index (χ2n) is 3.62. The van der Waals surface area contributed by atoms with E-state index in [0.29, 0.717) is 0 Å². The van der Waals surface area contributed by atoms with E-state index >= 15 is 0 Å². The van der Waals surface area contributed by atoms with Crippen molar-refractivity contribution in [2.75, 3.05) is 7.05 Å². The summed E-state index contributed by atoms with van der Waals surface area (Å²) in [5, 5.41) is 16.8. The average Bonchev–Trinajstić information content (AvgIpc) is 1.82. The van der Waals surface area contributed by atoms with E-state index in [9.17, 15) is 0 Å². The van der Waals surface area contributed by atoms with Gasteiger partial charge in [-0.05, 0) is 20.8 Å². The van der Waals surface area contributed by atoms with Crippen LogP contribution in [-0.4, -0.2) is 29.4 Å². The Balaban J connectivity index is 4.21. The summed E-state index contributed by atoms with van der Waals surface area (Å²) < 4.78 is 0. The van der Waals surface area contributed by atoms with E-state index in [2.05, 4.69) is 5.32 Å². The Kier molecular flexibility index (Phi) is 3.06. The largest absolute Gasteiger partial charge is 0.370 e. The molecule has 0 saturated carbocycles. The van der Waals surface area contributed by atoms with Crippen molar-refractivity contribution in [1.82, 2.24) is 10.2 Å². The molecule has 0 aromatic heterocycles. The summed E-state index contributed by atoms with van der Waals surface area (Å²) in [4.78, 5) is 1.70. The molecule has 0 aliphatic heterocycles. The molecule has 5 heteroatoms. The fraction of sp³-hybridized carbons (Fsp3) is 0.714. The Labute approximate surface area is 72.9 Å². The van der Waals surface area contributed by atoms with Gasteiger partial charge in [0.2, 0.25) is 0 Å². The van der Waals surface area contributed by atoms with Crippen molar-refractivity contribution in [3.8, 4) is 0 Å². The highest BCUT2D eigenvalue weighted by molar-refractivity contribution is 5.95. The first kappa shape index (κ1) is 10.7. The normalized spacial score (nSPS) is 10.7. The molecule has 0 bridgehead atoms. The predicted octanol–water partition coefficient (Wildman–Crippen LogP) is 0.135. The number of nitrogens with one attached hydrogen (secondary N) is 3. The zero-order valence-electron chi connectivity index (χ0n) is 8.02. The predicted molar refractivity (Wildman–Crippen MR) is 50.3 cm³/mol. The molecule has 0 saturated heterocycles. The van der Waals surface area contributed by atoms with Gasteiger partial charge in [-0.3, -0.25) is 16.1 Å². The maximum atomic E-state index is 7.47. The van der Waals surface area contributed by atoms with Gasteiger partial charge in [-0.2, -0.15) is 0 Å². The molecule has 0 heterocycles. The van der Waals surface area contributed by atoms with E-state index in [-0.39, 0.29) is 17.5 Å². The van der Waals surface area contributed by atoms with E-state index < -0.39 is 0 Å². The van der Waals surface area contributed by atoms with Gasteiger partial charge in [0.05, 0.1) is 0 Å². The summed E-state index contributed by atoms with van der Waals surface area (Å²) in [7, 11) is 1.78. The van der Waals surface area contributed by atoms with Crippen LogP contribution in [0.15, 0.2) is 0 Å². The third-order valence-electron chi connectivity index (χ3n) is 1.59. The topological polar surface area (TPSA) is 89.0 Å².